The van der Waals surface area contributed by atoms with Gasteiger partial charge in [0.2, 0.25) is 5.91 Å². The van der Waals surface area contributed by atoms with E-state index in [1.807, 2.05) is 23.1 Å². The molecule has 6 nitrogen and oxygen atoms in total. The highest BCUT2D eigenvalue weighted by Gasteiger charge is 2.53. The van der Waals surface area contributed by atoms with E-state index in [9.17, 15) is 9.59 Å². The fraction of sp³-hybridized carbons (Fsp3) is 0.619. The lowest BCUT2D eigenvalue weighted by molar-refractivity contribution is -0.167. The van der Waals surface area contributed by atoms with Crippen molar-refractivity contribution in [3.05, 3.63) is 29.8 Å². The summed E-state index contributed by atoms with van der Waals surface area (Å²) >= 11 is 0. The molecule has 3 aliphatic rings. The minimum Gasteiger partial charge on any atom is -0.487 e. The first-order valence-corrected chi connectivity index (χ1v) is 9.81. The number of para-hydroxylation sites is 1. The molecule has 1 aromatic carbocycles. The van der Waals surface area contributed by atoms with Gasteiger partial charge in [0.25, 0.3) is 0 Å². The number of carbonyl (C=O) groups is 2. The largest absolute Gasteiger partial charge is 0.487 e. The van der Waals surface area contributed by atoms with Crippen molar-refractivity contribution >= 4 is 11.9 Å². The Morgan fingerprint density at radius 3 is 2.81 bits per heavy atom. The lowest BCUT2D eigenvalue weighted by Crippen LogP contribution is -2.54. The van der Waals surface area contributed by atoms with Crippen LogP contribution in [-0.2, 0) is 14.3 Å². The second-order valence-electron chi connectivity index (χ2n) is 8.37. The molecular weight excluding hydrogens is 346 g/mol. The summed E-state index contributed by atoms with van der Waals surface area (Å²) in [6.07, 6.45) is 2.42. The smallest absolute Gasteiger partial charge is 0.303 e. The van der Waals surface area contributed by atoms with Gasteiger partial charge in [-0.15, -0.1) is 0 Å². The van der Waals surface area contributed by atoms with Crippen molar-refractivity contribution in [2.45, 2.75) is 69.8 Å². The maximum absolute atomic E-state index is 12.6. The Hall–Kier alpha value is -2.08. The highest BCUT2D eigenvalue weighted by Crippen LogP contribution is 2.52. The molecule has 0 radical (unpaired) electrons. The average Bonchev–Trinajstić information content (AvgIpc) is 3.03. The molecule has 146 valence electrons. The van der Waals surface area contributed by atoms with E-state index in [1.54, 1.807) is 0 Å². The molecule has 0 saturated carbocycles. The van der Waals surface area contributed by atoms with Gasteiger partial charge in [-0.05, 0) is 39.2 Å². The first kappa shape index (κ1) is 18.3. The zero-order valence-corrected chi connectivity index (χ0v) is 15.9. The van der Waals surface area contributed by atoms with Gasteiger partial charge in [0.15, 0.2) is 0 Å². The number of ether oxygens (including phenoxy) is 2. The topological polar surface area (TPSA) is 76.1 Å². The Morgan fingerprint density at radius 2 is 2.04 bits per heavy atom. The summed E-state index contributed by atoms with van der Waals surface area (Å²) in [5, 5.41) is 8.79. The Morgan fingerprint density at radius 1 is 1.26 bits per heavy atom. The zero-order chi connectivity index (χ0) is 19.2. The number of hydrogen-bond donors (Lipinski definition) is 1. The summed E-state index contributed by atoms with van der Waals surface area (Å²) in [5.41, 5.74) is 0.733. The fourth-order valence-electron chi connectivity index (χ4n) is 4.88. The van der Waals surface area contributed by atoms with Crippen LogP contribution < -0.4 is 4.74 Å². The van der Waals surface area contributed by atoms with Crippen molar-refractivity contribution in [3.63, 3.8) is 0 Å². The van der Waals surface area contributed by atoms with Crippen molar-refractivity contribution in [1.82, 2.24) is 4.90 Å². The van der Waals surface area contributed by atoms with E-state index >= 15 is 0 Å². The van der Waals surface area contributed by atoms with Gasteiger partial charge in [-0.25, -0.2) is 0 Å². The molecule has 4 rings (SSSR count). The van der Waals surface area contributed by atoms with Crippen LogP contribution in [0.2, 0.25) is 0 Å². The molecule has 2 fully saturated rings. The van der Waals surface area contributed by atoms with Crippen LogP contribution in [0.3, 0.4) is 0 Å². The third-order valence-electron chi connectivity index (χ3n) is 6.26. The first-order valence-electron chi connectivity index (χ1n) is 9.81. The van der Waals surface area contributed by atoms with Gasteiger partial charge >= 0.3 is 5.97 Å². The van der Waals surface area contributed by atoms with Crippen LogP contribution in [0, 0.1) is 5.92 Å². The number of carboxylic acid groups (broad SMARTS) is 1. The third kappa shape index (κ3) is 3.31. The van der Waals surface area contributed by atoms with Crippen molar-refractivity contribution in [2.75, 3.05) is 6.54 Å². The Kier molecular flexibility index (Phi) is 4.62. The number of fused-ring (bicyclic) bond motifs is 4. The van der Waals surface area contributed by atoms with Gasteiger partial charge in [-0.3, -0.25) is 9.59 Å². The standard InChI is InChI=1S/C21H27NO5/c1-21(2)14-12-15-17(10-11-22(15)18(23)8-5-9-19(24)25)26-20(14)13-6-3-4-7-16(13)27-21/h3-4,6-7,14-15,17,20H,5,8-12H2,1-2H3,(H,24,25)/t14-,15+,17-,20+/m0/s1. The van der Waals surface area contributed by atoms with Gasteiger partial charge in [0.1, 0.15) is 11.4 Å². The monoisotopic (exact) mass is 373 g/mol. The zero-order valence-electron chi connectivity index (χ0n) is 15.9. The highest BCUT2D eigenvalue weighted by atomic mass is 16.5. The SMILES string of the molecule is CC1(C)Oc2ccccc2[C@H]2O[C@H]3CCN(C(=O)CCCC(=O)O)[C@@H]3C[C@@H]21. The summed E-state index contributed by atoms with van der Waals surface area (Å²) in [4.78, 5) is 25.3. The number of hydrogen-bond acceptors (Lipinski definition) is 4. The third-order valence-corrected chi connectivity index (χ3v) is 6.26. The summed E-state index contributed by atoms with van der Waals surface area (Å²) in [7, 11) is 0. The van der Waals surface area contributed by atoms with E-state index in [-0.39, 0.29) is 48.5 Å². The van der Waals surface area contributed by atoms with Crippen LogP contribution in [0.1, 0.15) is 57.6 Å². The minimum absolute atomic E-state index is 0.00624. The fourth-order valence-corrected chi connectivity index (χ4v) is 4.88. The molecule has 4 atom stereocenters. The van der Waals surface area contributed by atoms with Crippen molar-refractivity contribution < 1.29 is 24.2 Å². The van der Waals surface area contributed by atoms with E-state index in [4.69, 9.17) is 14.6 Å². The molecule has 27 heavy (non-hydrogen) atoms. The van der Waals surface area contributed by atoms with Gasteiger partial charge in [0, 0.05) is 30.9 Å². The van der Waals surface area contributed by atoms with E-state index in [0.29, 0.717) is 13.0 Å². The van der Waals surface area contributed by atoms with Gasteiger partial charge in [-0.1, -0.05) is 18.2 Å². The molecule has 0 unspecified atom stereocenters. The number of rotatable bonds is 4. The number of aliphatic carboxylic acids is 1. The lowest BCUT2D eigenvalue weighted by Gasteiger charge is -2.50. The van der Waals surface area contributed by atoms with Gasteiger partial charge in [0.05, 0.1) is 18.2 Å². The van der Waals surface area contributed by atoms with Crippen LogP contribution in [0.5, 0.6) is 5.75 Å². The van der Waals surface area contributed by atoms with Crippen molar-refractivity contribution in [3.8, 4) is 5.75 Å². The van der Waals surface area contributed by atoms with Crippen molar-refractivity contribution in [2.24, 2.45) is 5.92 Å². The number of likely N-dealkylation sites (tertiary alicyclic amines) is 1. The molecule has 6 heteroatoms. The van der Waals surface area contributed by atoms with Crippen LogP contribution in [0.25, 0.3) is 0 Å². The Balaban J connectivity index is 1.51. The molecule has 2 saturated heterocycles. The molecule has 3 heterocycles. The van der Waals surface area contributed by atoms with E-state index in [1.165, 1.54) is 0 Å². The average molecular weight is 373 g/mol. The minimum atomic E-state index is -0.856. The molecule has 1 N–H and O–H groups in total. The van der Waals surface area contributed by atoms with Crippen LogP contribution >= 0.6 is 0 Å². The van der Waals surface area contributed by atoms with E-state index in [2.05, 4.69) is 19.9 Å². The summed E-state index contributed by atoms with van der Waals surface area (Å²) in [5.74, 6) is 0.245. The van der Waals surface area contributed by atoms with Crippen LogP contribution in [-0.4, -0.2) is 46.2 Å². The highest BCUT2D eigenvalue weighted by molar-refractivity contribution is 5.77. The molecule has 0 bridgehead atoms. The Bertz CT molecular complexity index is 746. The number of benzene rings is 1. The molecule has 0 spiro atoms. The molecule has 1 aromatic rings. The normalized spacial score (nSPS) is 30.7. The molecule has 0 aliphatic carbocycles. The quantitative estimate of drug-likeness (QED) is 0.877. The van der Waals surface area contributed by atoms with Crippen LogP contribution in [0.15, 0.2) is 24.3 Å². The van der Waals surface area contributed by atoms with Gasteiger partial charge in [-0.2, -0.15) is 0 Å². The number of nitrogens with zero attached hydrogens (tertiary/aromatic N) is 1. The van der Waals surface area contributed by atoms with Crippen LogP contribution in [0.4, 0.5) is 0 Å². The molecule has 1 amide bonds. The summed E-state index contributed by atoms with van der Waals surface area (Å²) in [6.45, 7) is 4.88. The molecule has 0 aromatic heterocycles. The first-order chi connectivity index (χ1) is 12.9. The Labute approximate surface area is 159 Å². The number of carbonyl (C=O) groups excluding carboxylic acids is 1. The van der Waals surface area contributed by atoms with Crippen molar-refractivity contribution in [1.29, 1.82) is 0 Å². The predicted molar refractivity (Wildman–Crippen MR) is 98.5 cm³/mol. The second-order valence-corrected chi connectivity index (χ2v) is 8.37. The number of amides is 1. The lowest BCUT2D eigenvalue weighted by atomic mass is 9.74. The number of carboxylic acids is 1. The van der Waals surface area contributed by atoms with E-state index in [0.717, 1.165) is 24.2 Å². The molecular formula is C21H27NO5. The maximum Gasteiger partial charge on any atom is 0.303 e. The summed E-state index contributed by atoms with van der Waals surface area (Å²) in [6, 6.07) is 8.12. The maximum atomic E-state index is 12.6. The second kappa shape index (κ2) is 6.82. The predicted octanol–water partition coefficient (Wildman–Crippen LogP) is 3.16. The van der Waals surface area contributed by atoms with Gasteiger partial charge < -0.3 is 19.5 Å². The molecule has 3 aliphatic heterocycles. The van der Waals surface area contributed by atoms with E-state index < -0.39 is 5.97 Å². The summed E-state index contributed by atoms with van der Waals surface area (Å²) < 4.78 is 12.8.